The van der Waals surface area contributed by atoms with Gasteiger partial charge in [-0.15, -0.1) is 0 Å². The number of rotatable bonds is 1. The van der Waals surface area contributed by atoms with Gasteiger partial charge in [0.25, 0.3) is 0 Å². The molecule has 1 aliphatic carbocycles. The smallest absolute Gasteiger partial charge is 0.114 e. The number of allylic oxidation sites excluding steroid dienone is 5. The molecule has 0 unspecified atom stereocenters. The molecule has 0 fully saturated rings. The van der Waals surface area contributed by atoms with Crippen LogP contribution in [0.1, 0.15) is 58.4 Å². The van der Waals surface area contributed by atoms with Crippen LogP contribution in [0.2, 0.25) is 0 Å². The molecule has 23 heavy (non-hydrogen) atoms. The SMILES string of the molecule is C/C1=C\CC(C)(C)/C=C/C(O)=C(/C)[C@H](c2ccccc2)CC1.[Rh]. The van der Waals surface area contributed by atoms with Crippen molar-refractivity contribution in [2.45, 2.75) is 52.9 Å². The van der Waals surface area contributed by atoms with Crippen LogP contribution in [0.5, 0.6) is 0 Å². The van der Waals surface area contributed by atoms with E-state index in [-0.39, 0.29) is 30.8 Å². The maximum absolute atomic E-state index is 10.5. The molecule has 0 amide bonds. The van der Waals surface area contributed by atoms with Crippen LogP contribution >= 0.6 is 0 Å². The van der Waals surface area contributed by atoms with Gasteiger partial charge < -0.3 is 5.11 Å². The number of benzene rings is 1. The molecule has 2 heteroatoms. The fourth-order valence-electron chi connectivity index (χ4n) is 2.91. The summed E-state index contributed by atoms with van der Waals surface area (Å²) in [4.78, 5) is 0. The fraction of sp³-hybridized carbons (Fsp3) is 0.429. The Morgan fingerprint density at radius 3 is 2.39 bits per heavy atom. The molecule has 0 aliphatic heterocycles. The Bertz CT molecular complexity index is 594. The van der Waals surface area contributed by atoms with Crippen LogP contribution in [0.4, 0.5) is 0 Å². The molecular weight excluding hydrogens is 371 g/mol. The van der Waals surface area contributed by atoms with Crippen LogP contribution in [0, 0.1) is 5.41 Å². The summed E-state index contributed by atoms with van der Waals surface area (Å²) in [5.41, 5.74) is 3.86. The predicted octanol–water partition coefficient (Wildman–Crippen LogP) is 6.31. The van der Waals surface area contributed by atoms with Gasteiger partial charge >= 0.3 is 0 Å². The topological polar surface area (TPSA) is 20.2 Å². The zero-order chi connectivity index (χ0) is 16.2. The number of hydrogen-bond acceptors (Lipinski definition) is 1. The second-order valence-corrected chi connectivity index (χ2v) is 7.15. The Morgan fingerprint density at radius 1 is 1.09 bits per heavy atom. The second kappa shape index (κ2) is 8.64. The van der Waals surface area contributed by atoms with E-state index in [4.69, 9.17) is 0 Å². The van der Waals surface area contributed by atoms with Crippen molar-refractivity contribution >= 4 is 0 Å². The summed E-state index contributed by atoms with van der Waals surface area (Å²) in [5, 5.41) is 10.5. The third-order valence-corrected chi connectivity index (χ3v) is 4.63. The van der Waals surface area contributed by atoms with Crippen LogP contribution in [-0.2, 0) is 19.5 Å². The van der Waals surface area contributed by atoms with Crippen LogP contribution in [0.25, 0.3) is 0 Å². The van der Waals surface area contributed by atoms with Crippen molar-refractivity contribution in [3.63, 3.8) is 0 Å². The van der Waals surface area contributed by atoms with E-state index < -0.39 is 0 Å². The van der Waals surface area contributed by atoms with Gasteiger partial charge in [0.2, 0.25) is 0 Å². The maximum atomic E-state index is 10.5. The molecule has 1 radical (unpaired) electrons. The molecule has 0 heterocycles. The summed E-state index contributed by atoms with van der Waals surface area (Å²) in [6, 6.07) is 10.5. The van der Waals surface area contributed by atoms with E-state index >= 15 is 0 Å². The van der Waals surface area contributed by atoms with Crippen LogP contribution in [0.15, 0.2) is 65.5 Å². The average Bonchev–Trinajstić information content (AvgIpc) is 2.52. The molecule has 127 valence electrons. The largest absolute Gasteiger partial charge is 0.508 e. The molecule has 1 atom stereocenters. The van der Waals surface area contributed by atoms with Gasteiger partial charge in [-0.2, -0.15) is 0 Å². The normalized spacial score (nSPS) is 28.7. The minimum atomic E-state index is 0. The molecule has 2 rings (SSSR count). The summed E-state index contributed by atoms with van der Waals surface area (Å²) >= 11 is 0. The third-order valence-electron chi connectivity index (χ3n) is 4.63. The van der Waals surface area contributed by atoms with Gasteiger partial charge in [0.05, 0.1) is 0 Å². The van der Waals surface area contributed by atoms with Crippen molar-refractivity contribution < 1.29 is 24.6 Å². The molecule has 1 aromatic rings. The molecule has 0 saturated heterocycles. The Balaban J connectivity index is 0.00000264. The minimum Gasteiger partial charge on any atom is -0.508 e. The van der Waals surface area contributed by atoms with Gasteiger partial charge in [-0.05, 0) is 55.7 Å². The Morgan fingerprint density at radius 2 is 1.74 bits per heavy atom. The first kappa shape index (κ1) is 19.9. The van der Waals surface area contributed by atoms with E-state index in [1.807, 2.05) is 12.1 Å². The van der Waals surface area contributed by atoms with Gasteiger partial charge in [0.15, 0.2) is 0 Å². The summed E-state index contributed by atoms with van der Waals surface area (Å²) in [6.45, 7) is 8.70. The predicted molar refractivity (Wildman–Crippen MR) is 95.0 cm³/mol. The fourth-order valence-corrected chi connectivity index (χ4v) is 2.91. The van der Waals surface area contributed by atoms with Crippen LogP contribution < -0.4 is 0 Å². The molecule has 1 aromatic carbocycles. The average molecular weight is 399 g/mol. The Labute approximate surface area is 154 Å². The molecule has 0 aromatic heterocycles. The van der Waals surface area contributed by atoms with E-state index in [2.05, 4.69) is 64.1 Å². The molecule has 1 aliphatic rings. The van der Waals surface area contributed by atoms with Gasteiger partial charge in [0.1, 0.15) is 5.76 Å². The zero-order valence-corrected chi connectivity index (χ0v) is 16.2. The van der Waals surface area contributed by atoms with Gasteiger partial charge in [0, 0.05) is 25.4 Å². The molecule has 0 bridgehead atoms. The van der Waals surface area contributed by atoms with Crippen molar-refractivity contribution in [2.75, 3.05) is 0 Å². The minimum absolute atomic E-state index is 0. The summed E-state index contributed by atoms with van der Waals surface area (Å²) in [5.74, 6) is 0.692. The summed E-state index contributed by atoms with van der Waals surface area (Å²) in [6.07, 6.45) is 9.49. The zero-order valence-electron chi connectivity index (χ0n) is 14.6. The van der Waals surface area contributed by atoms with Crippen molar-refractivity contribution in [2.24, 2.45) is 5.41 Å². The molecule has 0 spiro atoms. The standard InChI is InChI=1S/C21H28O.Rh/c1-16-10-11-19(18-8-6-5-7-9-18)17(2)20(22)13-15-21(3,4)14-12-16;/h5-9,12-13,15,19,22H,10-11,14H2,1-4H3;/b15-13+,16-12+,20-17+;/t19-;/m1./s1. The van der Waals surface area contributed by atoms with Gasteiger partial charge in [-0.1, -0.05) is 61.9 Å². The monoisotopic (exact) mass is 399 g/mol. The number of aliphatic hydroxyl groups is 1. The van der Waals surface area contributed by atoms with E-state index in [0.717, 1.165) is 24.8 Å². The van der Waals surface area contributed by atoms with Crippen molar-refractivity contribution in [3.05, 3.63) is 71.0 Å². The molecule has 1 nitrogen and oxygen atoms in total. The van der Waals surface area contributed by atoms with Gasteiger partial charge in [-0.25, -0.2) is 0 Å². The first-order valence-corrected chi connectivity index (χ1v) is 8.18. The van der Waals surface area contributed by atoms with Crippen molar-refractivity contribution in [1.29, 1.82) is 0 Å². The van der Waals surface area contributed by atoms with Crippen LogP contribution in [0.3, 0.4) is 0 Å². The van der Waals surface area contributed by atoms with E-state index in [1.165, 1.54) is 11.1 Å². The first-order chi connectivity index (χ1) is 10.4. The van der Waals surface area contributed by atoms with Gasteiger partial charge in [-0.3, -0.25) is 0 Å². The molecular formula is C21H28ORh. The maximum Gasteiger partial charge on any atom is 0.114 e. The Kier molecular flexibility index (Phi) is 7.48. The van der Waals surface area contributed by atoms with E-state index in [1.54, 1.807) is 0 Å². The third kappa shape index (κ3) is 5.77. The summed E-state index contributed by atoms with van der Waals surface area (Å²) < 4.78 is 0. The first-order valence-electron chi connectivity index (χ1n) is 8.18. The van der Waals surface area contributed by atoms with E-state index in [0.29, 0.717) is 5.76 Å². The van der Waals surface area contributed by atoms with E-state index in [9.17, 15) is 5.11 Å². The molecule has 0 saturated carbocycles. The van der Waals surface area contributed by atoms with Crippen LogP contribution in [-0.4, -0.2) is 5.11 Å². The van der Waals surface area contributed by atoms with Crippen molar-refractivity contribution in [3.8, 4) is 0 Å². The van der Waals surface area contributed by atoms with Crippen molar-refractivity contribution in [1.82, 2.24) is 0 Å². The number of aliphatic hydroxyl groups excluding tert-OH is 1. The Hall–Kier alpha value is -1.14. The second-order valence-electron chi connectivity index (χ2n) is 7.15. The number of hydrogen-bond donors (Lipinski definition) is 1. The molecule has 1 N–H and O–H groups in total. The summed E-state index contributed by atoms with van der Waals surface area (Å²) in [7, 11) is 0. The quantitative estimate of drug-likeness (QED) is 0.433.